The third kappa shape index (κ3) is 5.08. The molecule has 0 bridgehead atoms. The standard InChI is InChI=1S/C24H25N5O3S2/c1-34(31,32)26-13-12-16-6-8-17(9-7-16)22(30)15-33-24-28-27-23(29(24)18-10-11-18)20-14-25-21-5-3-2-4-19(20)21/h2-9,14,18,25-26H,10-13,15H2,1H3. The number of rotatable bonds is 10. The Morgan fingerprint density at radius 2 is 1.91 bits per heavy atom. The molecule has 0 saturated heterocycles. The highest BCUT2D eigenvalue weighted by Gasteiger charge is 2.31. The molecule has 0 unspecified atom stereocenters. The summed E-state index contributed by atoms with van der Waals surface area (Å²) in [6.45, 7) is 0.331. The highest BCUT2D eigenvalue weighted by atomic mass is 32.2. The maximum Gasteiger partial charge on any atom is 0.208 e. The minimum absolute atomic E-state index is 0.0183. The number of hydrogen-bond acceptors (Lipinski definition) is 6. The smallest absolute Gasteiger partial charge is 0.208 e. The summed E-state index contributed by atoms with van der Waals surface area (Å²) in [5.41, 5.74) is 3.68. The van der Waals surface area contributed by atoms with Crippen molar-refractivity contribution < 1.29 is 13.2 Å². The average molecular weight is 496 g/mol. The number of benzene rings is 2. The van der Waals surface area contributed by atoms with Gasteiger partial charge < -0.3 is 4.98 Å². The molecule has 5 rings (SSSR count). The number of carbonyl (C=O) groups is 1. The third-order valence-electron chi connectivity index (χ3n) is 5.79. The lowest BCUT2D eigenvalue weighted by molar-refractivity contribution is 0.102. The van der Waals surface area contributed by atoms with E-state index in [0.717, 1.165) is 52.1 Å². The topological polar surface area (TPSA) is 110 Å². The molecule has 8 nitrogen and oxygen atoms in total. The Labute approximate surface area is 202 Å². The number of para-hydroxylation sites is 1. The van der Waals surface area contributed by atoms with Crippen molar-refractivity contribution >= 4 is 38.5 Å². The maximum absolute atomic E-state index is 12.8. The quantitative estimate of drug-likeness (QED) is 0.256. The number of Topliss-reactive ketones (excluding diaryl/α,β-unsaturated/α-hetero) is 1. The fourth-order valence-electron chi connectivity index (χ4n) is 3.93. The summed E-state index contributed by atoms with van der Waals surface area (Å²) in [7, 11) is -3.20. The summed E-state index contributed by atoms with van der Waals surface area (Å²) >= 11 is 1.42. The molecule has 34 heavy (non-hydrogen) atoms. The molecule has 2 aromatic heterocycles. The van der Waals surface area contributed by atoms with E-state index in [4.69, 9.17) is 0 Å². The van der Waals surface area contributed by atoms with Crippen molar-refractivity contribution in [2.45, 2.75) is 30.5 Å². The largest absolute Gasteiger partial charge is 0.360 e. The normalized spacial score (nSPS) is 14.0. The van der Waals surface area contributed by atoms with E-state index in [0.29, 0.717) is 24.6 Å². The van der Waals surface area contributed by atoms with Crippen molar-refractivity contribution in [3.63, 3.8) is 0 Å². The maximum atomic E-state index is 12.8. The number of thioether (sulfide) groups is 1. The highest BCUT2D eigenvalue weighted by Crippen LogP contribution is 2.42. The van der Waals surface area contributed by atoms with E-state index in [1.54, 1.807) is 12.1 Å². The Kier molecular flexibility index (Phi) is 6.28. The summed E-state index contributed by atoms with van der Waals surface area (Å²) in [5, 5.41) is 10.8. The minimum atomic E-state index is -3.20. The molecule has 10 heteroatoms. The first-order chi connectivity index (χ1) is 16.4. The van der Waals surface area contributed by atoms with E-state index in [1.807, 2.05) is 36.5 Å². The molecule has 0 amide bonds. The summed E-state index contributed by atoms with van der Waals surface area (Å²) in [6, 6.07) is 15.8. The van der Waals surface area contributed by atoms with Gasteiger partial charge in [0.1, 0.15) is 0 Å². The second kappa shape index (κ2) is 9.36. The van der Waals surface area contributed by atoms with Gasteiger partial charge in [0.05, 0.1) is 12.0 Å². The van der Waals surface area contributed by atoms with Crippen LogP contribution in [0, 0.1) is 0 Å². The molecule has 0 radical (unpaired) electrons. The van der Waals surface area contributed by atoms with Crippen molar-refractivity contribution in [2.24, 2.45) is 0 Å². The van der Waals surface area contributed by atoms with Gasteiger partial charge in [-0.2, -0.15) is 0 Å². The van der Waals surface area contributed by atoms with Crippen LogP contribution >= 0.6 is 11.8 Å². The SMILES string of the molecule is CS(=O)(=O)NCCc1ccc(C(=O)CSc2nnc(-c3c[nH]c4ccccc34)n2C2CC2)cc1. The zero-order valence-electron chi connectivity index (χ0n) is 18.7. The second-order valence-corrected chi connectivity index (χ2v) is 11.3. The van der Waals surface area contributed by atoms with Gasteiger partial charge >= 0.3 is 0 Å². The Morgan fingerprint density at radius 1 is 1.15 bits per heavy atom. The molecule has 1 fully saturated rings. The number of hydrogen-bond donors (Lipinski definition) is 2. The number of nitrogens with one attached hydrogen (secondary N) is 2. The molecule has 2 heterocycles. The van der Waals surface area contributed by atoms with E-state index in [2.05, 4.69) is 30.5 Å². The molecule has 0 aliphatic heterocycles. The number of aromatic amines is 1. The predicted octanol–water partition coefficient (Wildman–Crippen LogP) is 3.83. The summed E-state index contributed by atoms with van der Waals surface area (Å²) in [6.07, 6.45) is 5.85. The van der Waals surface area contributed by atoms with E-state index in [9.17, 15) is 13.2 Å². The van der Waals surface area contributed by atoms with Crippen molar-refractivity contribution in [1.82, 2.24) is 24.5 Å². The summed E-state index contributed by atoms with van der Waals surface area (Å²) in [5.74, 6) is 1.13. The number of ketones is 1. The van der Waals surface area contributed by atoms with E-state index >= 15 is 0 Å². The molecule has 176 valence electrons. The predicted molar refractivity (Wildman–Crippen MR) is 134 cm³/mol. The van der Waals surface area contributed by atoms with Crippen LogP contribution in [0.1, 0.15) is 34.8 Å². The number of sulfonamides is 1. The van der Waals surface area contributed by atoms with Crippen LogP contribution in [-0.2, 0) is 16.4 Å². The first kappa shape index (κ1) is 22.8. The van der Waals surface area contributed by atoms with Crippen LogP contribution in [0.3, 0.4) is 0 Å². The molecule has 4 aromatic rings. The average Bonchev–Trinajstić information content (AvgIpc) is 3.43. The van der Waals surface area contributed by atoms with Gasteiger partial charge in [-0.1, -0.05) is 54.2 Å². The number of H-pyrrole nitrogens is 1. The molecular weight excluding hydrogens is 470 g/mol. The van der Waals surface area contributed by atoms with Crippen molar-refractivity contribution in [3.05, 3.63) is 65.9 Å². The van der Waals surface area contributed by atoms with E-state index in [1.165, 1.54) is 11.8 Å². The Bertz CT molecular complexity index is 1440. The van der Waals surface area contributed by atoms with Gasteiger partial charge in [-0.15, -0.1) is 10.2 Å². The summed E-state index contributed by atoms with van der Waals surface area (Å²) in [4.78, 5) is 16.1. The van der Waals surface area contributed by atoms with Gasteiger partial charge in [0.15, 0.2) is 16.8 Å². The first-order valence-electron chi connectivity index (χ1n) is 11.1. The van der Waals surface area contributed by atoms with Crippen LogP contribution in [0.4, 0.5) is 0 Å². The van der Waals surface area contributed by atoms with Crippen LogP contribution in [0.2, 0.25) is 0 Å². The van der Waals surface area contributed by atoms with Gasteiger partial charge in [-0.05, 0) is 30.9 Å². The van der Waals surface area contributed by atoms with Crippen LogP contribution in [0.25, 0.3) is 22.3 Å². The zero-order chi connectivity index (χ0) is 23.7. The van der Waals surface area contributed by atoms with Crippen LogP contribution < -0.4 is 4.72 Å². The highest BCUT2D eigenvalue weighted by molar-refractivity contribution is 7.99. The van der Waals surface area contributed by atoms with Crippen LogP contribution in [0.15, 0.2) is 59.9 Å². The van der Waals surface area contributed by atoms with Gasteiger partial charge in [0, 0.05) is 40.8 Å². The zero-order valence-corrected chi connectivity index (χ0v) is 20.3. The Balaban J connectivity index is 1.27. The lowest BCUT2D eigenvalue weighted by atomic mass is 10.1. The molecule has 1 aliphatic rings. The molecule has 2 N–H and O–H groups in total. The van der Waals surface area contributed by atoms with Crippen molar-refractivity contribution in [3.8, 4) is 11.4 Å². The van der Waals surface area contributed by atoms with Crippen LogP contribution in [0.5, 0.6) is 0 Å². The van der Waals surface area contributed by atoms with Crippen molar-refractivity contribution in [2.75, 3.05) is 18.6 Å². The van der Waals surface area contributed by atoms with Crippen molar-refractivity contribution in [1.29, 1.82) is 0 Å². The fraction of sp³-hybridized carbons (Fsp3) is 0.292. The van der Waals surface area contributed by atoms with Gasteiger partial charge in [0.25, 0.3) is 0 Å². The minimum Gasteiger partial charge on any atom is -0.360 e. The molecular formula is C24H25N5O3S2. The number of fused-ring (bicyclic) bond motifs is 1. The Morgan fingerprint density at radius 3 is 2.65 bits per heavy atom. The molecule has 0 spiro atoms. The molecule has 1 aliphatic carbocycles. The van der Waals surface area contributed by atoms with Gasteiger partial charge in [0.2, 0.25) is 10.0 Å². The second-order valence-electron chi connectivity index (χ2n) is 8.48. The fourth-order valence-corrected chi connectivity index (χ4v) is 5.30. The molecule has 1 saturated carbocycles. The van der Waals surface area contributed by atoms with Gasteiger partial charge in [-0.3, -0.25) is 9.36 Å². The third-order valence-corrected chi connectivity index (χ3v) is 7.46. The monoisotopic (exact) mass is 495 g/mol. The lowest BCUT2D eigenvalue weighted by Crippen LogP contribution is -2.24. The molecule has 0 atom stereocenters. The van der Waals surface area contributed by atoms with E-state index in [-0.39, 0.29) is 11.5 Å². The van der Waals surface area contributed by atoms with E-state index < -0.39 is 10.0 Å². The number of nitrogens with zero attached hydrogens (tertiary/aromatic N) is 3. The first-order valence-corrected chi connectivity index (χ1v) is 14.0. The molecule has 2 aromatic carbocycles. The lowest BCUT2D eigenvalue weighted by Gasteiger charge is -2.08. The summed E-state index contributed by atoms with van der Waals surface area (Å²) < 4.78 is 27.0. The number of carbonyl (C=O) groups excluding carboxylic acids is 1. The van der Waals surface area contributed by atoms with Crippen LogP contribution in [-0.4, -0.2) is 52.5 Å². The van der Waals surface area contributed by atoms with Gasteiger partial charge in [-0.25, -0.2) is 13.1 Å². The number of aromatic nitrogens is 4. The Hall–Kier alpha value is -2.95.